The van der Waals surface area contributed by atoms with E-state index in [2.05, 4.69) is 20.1 Å². The number of hydrogen-bond donors (Lipinski definition) is 1. The summed E-state index contributed by atoms with van der Waals surface area (Å²) in [5.74, 6) is 0.849. The number of nitrogens with zero attached hydrogens (tertiary/aromatic N) is 4. The first-order valence-corrected chi connectivity index (χ1v) is 11.2. The summed E-state index contributed by atoms with van der Waals surface area (Å²) in [6.45, 7) is 4.78. The SMILES string of the molecule is C[C@@H](Sc1nnc(N2CCOCC2)n1-c1ccccc1)C(=O)c1c[nH]c2ccccc12. The molecule has 0 saturated carbocycles. The maximum absolute atomic E-state index is 13.3. The number of carbonyl (C=O) groups excluding carboxylic acids is 1. The molecule has 1 fully saturated rings. The minimum Gasteiger partial charge on any atom is -0.378 e. The number of morpholine rings is 1. The number of anilines is 1. The van der Waals surface area contributed by atoms with Crippen LogP contribution >= 0.6 is 11.8 Å². The predicted molar refractivity (Wildman–Crippen MR) is 122 cm³/mol. The van der Waals surface area contributed by atoms with Crippen molar-refractivity contribution in [3.05, 3.63) is 66.4 Å². The number of nitrogens with one attached hydrogen (secondary N) is 1. The molecule has 1 saturated heterocycles. The lowest BCUT2D eigenvalue weighted by atomic mass is 10.1. The summed E-state index contributed by atoms with van der Waals surface area (Å²) in [5, 5.41) is 10.3. The zero-order chi connectivity index (χ0) is 21.2. The summed E-state index contributed by atoms with van der Waals surface area (Å²) in [6.07, 6.45) is 1.80. The highest BCUT2D eigenvalue weighted by Gasteiger charge is 2.26. The molecule has 31 heavy (non-hydrogen) atoms. The van der Waals surface area contributed by atoms with Gasteiger partial charge in [-0.1, -0.05) is 48.2 Å². The second-order valence-corrected chi connectivity index (χ2v) is 8.73. The van der Waals surface area contributed by atoms with E-state index >= 15 is 0 Å². The molecular weight excluding hydrogens is 410 g/mol. The van der Waals surface area contributed by atoms with Crippen LogP contribution in [0.15, 0.2) is 66.0 Å². The number of hydrogen-bond acceptors (Lipinski definition) is 6. The monoisotopic (exact) mass is 433 g/mol. The number of thioether (sulfide) groups is 1. The predicted octanol–water partition coefficient (Wildman–Crippen LogP) is 3.95. The van der Waals surface area contributed by atoms with Crippen LogP contribution in [0.2, 0.25) is 0 Å². The van der Waals surface area contributed by atoms with E-state index in [0.717, 1.165) is 35.6 Å². The fourth-order valence-electron chi connectivity index (χ4n) is 3.82. The van der Waals surface area contributed by atoms with Gasteiger partial charge in [0.25, 0.3) is 0 Å². The Hall–Kier alpha value is -3.10. The Morgan fingerprint density at radius 1 is 1.06 bits per heavy atom. The molecule has 0 unspecified atom stereocenters. The minimum atomic E-state index is -0.316. The standard InChI is InChI=1S/C23H23N5O2S/c1-16(21(29)19-15-24-20-10-6-5-9-18(19)20)31-23-26-25-22(27-11-13-30-14-12-27)28(23)17-7-3-2-4-8-17/h2-10,15-16,24H,11-14H2,1H3/t16-/m1/s1. The molecule has 158 valence electrons. The van der Waals surface area contributed by atoms with Crippen LogP contribution in [0.5, 0.6) is 0 Å². The van der Waals surface area contributed by atoms with Crippen LogP contribution in [-0.4, -0.2) is 57.1 Å². The Bertz CT molecular complexity index is 1200. The van der Waals surface area contributed by atoms with E-state index in [-0.39, 0.29) is 11.0 Å². The molecule has 3 heterocycles. The van der Waals surface area contributed by atoms with Crippen molar-refractivity contribution in [1.29, 1.82) is 0 Å². The summed E-state index contributed by atoms with van der Waals surface area (Å²) in [7, 11) is 0. The van der Waals surface area contributed by atoms with Crippen molar-refractivity contribution >= 4 is 34.4 Å². The van der Waals surface area contributed by atoms with Crippen molar-refractivity contribution in [2.24, 2.45) is 0 Å². The molecule has 4 aromatic rings. The lowest BCUT2D eigenvalue weighted by Crippen LogP contribution is -2.37. The lowest BCUT2D eigenvalue weighted by Gasteiger charge is -2.28. The second kappa shape index (κ2) is 8.56. The highest BCUT2D eigenvalue weighted by atomic mass is 32.2. The van der Waals surface area contributed by atoms with E-state index in [0.29, 0.717) is 23.9 Å². The third-order valence-electron chi connectivity index (χ3n) is 5.43. The second-order valence-electron chi connectivity index (χ2n) is 7.43. The van der Waals surface area contributed by atoms with Gasteiger partial charge in [-0.3, -0.25) is 9.36 Å². The van der Waals surface area contributed by atoms with E-state index in [1.54, 1.807) is 6.20 Å². The van der Waals surface area contributed by atoms with Crippen molar-refractivity contribution in [1.82, 2.24) is 19.7 Å². The van der Waals surface area contributed by atoms with Gasteiger partial charge < -0.3 is 14.6 Å². The third kappa shape index (κ3) is 3.84. The average Bonchev–Trinajstić information content (AvgIpc) is 3.44. The molecule has 0 spiro atoms. The first-order chi connectivity index (χ1) is 15.2. The average molecular weight is 434 g/mol. The molecule has 8 heteroatoms. The van der Waals surface area contributed by atoms with Crippen LogP contribution < -0.4 is 4.90 Å². The highest BCUT2D eigenvalue weighted by molar-refractivity contribution is 8.00. The van der Waals surface area contributed by atoms with E-state index in [1.165, 1.54) is 11.8 Å². The van der Waals surface area contributed by atoms with E-state index in [9.17, 15) is 4.79 Å². The largest absolute Gasteiger partial charge is 0.378 e. The van der Waals surface area contributed by atoms with Crippen LogP contribution in [0.3, 0.4) is 0 Å². The van der Waals surface area contributed by atoms with E-state index < -0.39 is 0 Å². The number of benzene rings is 2. The quantitative estimate of drug-likeness (QED) is 0.367. The minimum absolute atomic E-state index is 0.0676. The molecular formula is C23H23N5O2S. The Labute approximate surface area is 184 Å². The van der Waals surface area contributed by atoms with Gasteiger partial charge in [-0.2, -0.15) is 0 Å². The molecule has 0 aliphatic carbocycles. The molecule has 5 rings (SSSR count). The van der Waals surface area contributed by atoms with Crippen molar-refractivity contribution in [3.63, 3.8) is 0 Å². The van der Waals surface area contributed by atoms with Crippen molar-refractivity contribution in [3.8, 4) is 5.69 Å². The molecule has 1 N–H and O–H groups in total. The zero-order valence-electron chi connectivity index (χ0n) is 17.2. The zero-order valence-corrected chi connectivity index (χ0v) is 18.0. The fraction of sp³-hybridized carbons (Fsp3) is 0.261. The van der Waals surface area contributed by atoms with Gasteiger partial charge in [0.2, 0.25) is 5.95 Å². The molecule has 1 atom stereocenters. The Kier molecular flexibility index (Phi) is 5.48. The van der Waals surface area contributed by atoms with Gasteiger partial charge in [0.1, 0.15) is 0 Å². The number of Topliss-reactive ketones (excluding diaryl/α,β-unsaturated/α-hetero) is 1. The van der Waals surface area contributed by atoms with Gasteiger partial charge in [-0.05, 0) is 25.1 Å². The van der Waals surface area contributed by atoms with Gasteiger partial charge in [0.05, 0.1) is 24.2 Å². The van der Waals surface area contributed by atoms with Gasteiger partial charge in [-0.25, -0.2) is 0 Å². The maximum atomic E-state index is 13.3. The summed E-state index contributed by atoms with van der Waals surface area (Å²) < 4.78 is 7.53. The van der Waals surface area contributed by atoms with Crippen molar-refractivity contribution in [2.45, 2.75) is 17.3 Å². The number of fused-ring (bicyclic) bond motifs is 1. The van der Waals surface area contributed by atoms with Gasteiger partial charge in [0.15, 0.2) is 10.9 Å². The molecule has 0 amide bonds. The molecule has 2 aromatic heterocycles. The molecule has 1 aliphatic heterocycles. The summed E-state index contributed by atoms with van der Waals surface area (Å²) >= 11 is 1.43. The Morgan fingerprint density at radius 3 is 2.61 bits per heavy atom. The van der Waals surface area contributed by atoms with Crippen molar-refractivity contribution < 1.29 is 9.53 Å². The Morgan fingerprint density at radius 2 is 1.81 bits per heavy atom. The Balaban J connectivity index is 1.47. The molecule has 0 bridgehead atoms. The maximum Gasteiger partial charge on any atom is 0.232 e. The third-order valence-corrected chi connectivity index (χ3v) is 6.47. The number of ether oxygens (including phenoxy) is 1. The molecule has 7 nitrogen and oxygen atoms in total. The number of para-hydroxylation sites is 2. The number of carbonyl (C=O) groups is 1. The summed E-state index contributed by atoms with van der Waals surface area (Å²) in [6, 6.07) is 17.9. The molecule has 2 aromatic carbocycles. The number of rotatable bonds is 6. The molecule has 0 radical (unpaired) electrons. The number of aromatic amines is 1. The topological polar surface area (TPSA) is 76.0 Å². The smallest absolute Gasteiger partial charge is 0.232 e. The first kappa shape index (κ1) is 19.8. The first-order valence-electron chi connectivity index (χ1n) is 10.3. The van der Waals surface area contributed by atoms with Crippen LogP contribution in [0.25, 0.3) is 16.6 Å². The number of aromatic nitrogens is 4. The summed E-state index contributed by atoms with van der Waals surface area (Å²) in [5.41, 5.74) is 2.64. The lowest BCUT2D eigenvalue weighted by molar-refractivity contribution is 0.0995. The van der Waals surface area contributed by atoms with Crippen LogP contribution in [0.1, 0.15) is 17.3 Å². The van der Waals surface area contributed by atoms with E-state index in [4.69, 9.17) is 4.74 Å². The van der Waals surface area contributed by atoms with E-state index in [1.807, 2.05) is 66.1 Å². The van der Waals surface area contributed by atoms with Crippen LogP contribution in [0, 0.1) is 0 Å². The van der Waals surface area contributed by atoms with Crippen LogP contribution in [0.4, 0.5) is 5.95 Å². The number of ketones is 1. The summed E-state index contributed by atoms with van der Waals surface area (Å²) in [4.78, 5) is 18.6. The van der Waals surface area contributed by atoms with Crippen LogP contribution in [-0.2, 0) is 4.74 Å². The number of H-pyrrole nitrogens is 1. The highest BCUT2D eigenvalue weighted by Crippen LogP contribution is 2.32. The normalized spacial score (nSPS) is 15.3. The van der Waals surface area contributed by atoms with Gasteiger partial charge >= 0.3 is 0 Å². The van der Waals surface area contributed by atoms with Crippen molar-refractivity contribution in [2.75, 3.05) is 31.2 Å². The van der Waals surface area contributed by atoms with Gasteiger partial charge in [0, 0.05) is 35.8 Å². The molecule has 1 aliphatic rings. The van der Waals surface area contributed by atoms with Gasteiger partial charge in [-0.15, -0.1) is 10.2 Å². The fourth-order valence-corrected chi connectivity index (χ4v) is 4.75.